The lowest BCUT2D eigenvalue weighted by atomic mass is 10.3. The molecule has 1 rings (SSSR count). The van der Waals surface area contributed by atoms with E-state index >= 15 is 0 Å². The first-order valence-electron chi connectivity index (χ1n) is 4.53. The van der Waals surface area contributed by atoms with Crippen molar-refractivity contribution in [2.75, 3.05) is 18.9 Å². The van der Waals surface area contributed by atoms with Crippen LogP contribution in [0.1, 0.15) is 6.42 Å². The van der Waals surface area contributed by atoms with Gasteiger partial charge in [0.1, 0.15) is 0 Å². The summed E-state index contributed by atoms with van der Waals surface area (Å²) in [6, 6.07) is 4.69. The first-order valence-corrected chi connectivity index (χ1v) is 4.91. The third-order valence-electron chi connectivity index (χ3n) is 1.90. The average molecular weight is 231 g/mol. The molecular formula is C10H12ClFN2O. The normalized spacial score (nSPS) is 9.80. The summed E-state index contributed by atoms with van der Waals surface area (Å²) in [6.45, 7) is 0.372. The van der Waals surface area contributed by atoms with Gasteiger partial charge in [-0.05, 0) is 12.1 Å². The highest BCUT2D eigenvalue weighted by molar-refractivity contribution is 6.31. The summed E-state index contributed by atoms with van der Waals surface area (Å²) in [5, 5.41) is 5.35. The third kappa shape index (κ3) is 3.40. The van der Waals surface area contributed by atoms with E-state index in [1.165, 1.54) is 6.07 Å². The van der Waals surface area contributed by atoms with Crippen LogP contribution in [0, 0.1) is 5.82 Å². The number of benzene rings is 1. The molecule has 0 saturated heterocycles. The van der Waals surface area contributed by atoms with Gasteiger partial charge in [0.15, 0.2) is 5.82 Å². The van der Waals surface area contributed by atoms with E-state index in [-0.39, 0.29) is 10.9 Å². The number of rotatable bonds is 4. The van der Waals surface area contributed by atoms with E-state index in [1.807, 2.05) is 0 Å². The quantitative estimate of drug-likeness (QED) is 0.831. The van der Waals surface area contributed by atoms with E-state index in [2.05, 4.69) is 10.6 Å². The van der Waals surface area contributed by atoms with Gasteiger partial charge in [0, 0.05) is 20.0 Å². The molecule has 1 amide bonds. The van der Waals surface area contributed by atoms with Gasteiger partial charge in [0.05, 0.1) is 10.7 Å². The van der Waals surface area contributed by atoms with Crippen molar-refractivity contribution in [2.45, 2.75) is 6.42 Å². The minimum absolute atomic E-state index is 0.0694. The van der Waals surface area contributed by atoms with E-state index in [0.717, 1.165) is 0 Å². The lowest BCUT2D eigenvalue weighted by Gasteiger charge is -2.07. The van der Waals surface area contributed by atoms with Crippen LogP contribution in [0.4, 0.5) is 10.1 Å². The molecule has 0 aliphatic rings. The monoisotopic (exact) mass is 230 g/mol. The molecular weight excluding hydrogens is 219 g/mol. The van der Waals surface area contributed by atoms with E-state index in [1.54, 1.807) is 19.2 Å². The average Bonchev–Trinajstić information content (AvgIpc) is 2.24. The molecule has 0 spiro atoms. The Labute approximate surface area is 92.6 Å². The zero-order chi connectivity index (χ0) is 11.3. The number of hydrogen-bond acceptors (Lipinski definition) is 2. The Hall–Kier alpha value is -1.29. The molecule has 0 aliphatic carbocycles. The molecule has 2 N–H and O–H groups in total. The summed E-state index contributed by atoms with van der Waals surface area (Å²) in [5.41, 5.74) is 0.311. The zero-order valence-electron chi connectivity index (χ0n) is 8.31. The van der Waals surface area contributed by atoms with Gasteiger partial charge >= 0.3 is 0 Å². The van der Waals surface area contributed by atoms with Crippen LogP contribution in [0.2, 0.25) is 5.02 Å². The van der Waals surface area contributed by atoms with E-state index in [9.17, 15) is 9.18 Å². The summed E-state index contributed by atoms with van der Waals surface area (Å²) < 4.78 is 13.3. The second kappa shape index (κ2) is 5.56. The van der Waals surface area contributed by atoms with Crippen LogP contribution in [0.5, 0.6) is 0 Å². The molecule has 15 heavy (non-hydrogen) atoms. The fourth-order valence-electron chi connectivity index (χ4n) is 1.08. The van der Waals surface area contributed by atoms with Crippen molar-refractivity contribution < 1.29 is 9.18 Å². The van der Waals surface area contributed by atoms with Crippen LogP contribution in [-0.2, 0) is 4.79 Å². The maximum absolute atomic E-state index is 13.3. The van der Waals surface area contributed by atoms with Gasteiger partial charge in [0.2, 0.25) is 5.91 Å². The first-order chi connectivity index (χ1) is 7.15. The lowest BCUT2D eigenvalue weighted by molar-refractivity contribution is -0.120. The van der Waals surface area contributed by atoms with Crippen molar-refractivity contribution in [2.24, 2.45) is 0 Å². The van der Waals surface area contributed by atoms with E-state index in [0.29, 0.717) is 18.7 Å². The molecule has 82 valence electrons. The summed E-state index contributed by atoms with van der Waals surface area (Å²) in [4.78, 5) is 10.9. The van der Waals surface area contributed by atoms with Gasteiger partial charge in [0.25, 0.3) is 0 Å². The van der Waals surface area contributed by atoms with Crippen LogP contribution in [0.25, 0.3) is 0 Å². The molecule has 0 atom stereocenters. The standard InChI is InChI=1S/C10H12ClFN2O/c1-13-9(15)5-6-14-8-4-2-3-7(11)10(8)12/h2-4,14H,5-6H2,1H3,(H,13,15). The van der Waals surface area contributed by atoms with Crippen molar-refractivity contribution >= 4 is 23.2 Å². The van der Waals surface area contributed by atoms with Gasteiger partial charge in [-0.1, -0.05) is 17.7 Å². The predicted octanol–water partition coefficient (Wildman–Crippen LogP) is 2.03. The minimum atomic E-state index is -0.490. The van der Waals surface area contributed by atoms with Crippen molar-refractivity contribution in [3.05, 3.63) is 29.0 Å². The SMILES string of the molecule is CNC(=O)CCNc1cccc(Cl)c1F. The van der Waals surface area contributed by atoms with Gasteiger partial charge in [-0.3, -0.25) is 4.79 Å². The van der Waals surface area contributed by atoms with Crippen LogP contribution < -0.4 is 10.6 Å². The van der Waals surface area contributed by atoms with E-state index in [4.69, 9.17) is 11.6 Å². The van der Waals surface area contributed by atoms with Crippen molar-refractivity contribution in [1.82, 2.24) is 5.32 Å². The summed E-state index contributed by atoms with van der Waals surface area (Å²) >= 11 is 5.59. The molecule has 0 radical (unpaired) electrons. The van der Waals surface area contributed by atoms with Gasteiger partial charge in [-0.25, -0.2) is 4.39 Å². The maximum atomic E-state index is 13.3. The Balaban J connectivity index is 2.51. The van der Waals surface area contributed by atoms with Crippen molar-refractivity contribution in [3.8, 4) is 0 Å². The number of amides is 1. The fraction of sp³-hybridized carbons (Fsp3) is 0.300. The van der Waals surface area contributed by atoms with Gasteiger partial charge < -0.3 is 10.6 Å². The molecule has 0 aliphatic heterocycles. The van der Waals surface area contributed by atoms with Gasteiger partial charge in [-0.2, -0.15) is 0 Å². The lowest BCUT2D eigenvalue weighted by Crippen LogP contribution is -2.21. The first kappa shape index (κ1) is 11.8. The molecule has 0 aromatic heterocycles. The summed E-state index contributed by atoms with van der Waals surface area (Å²) in [7, 11) is 1.56. The molecule has 5 heteroatoms. The Morgan fingerprint density at radius 2 is 2.27 bits per heavy atom. The predicted molar refractivity (Wildman–Crippen MR) is 58.6 cm³/mol. The number of carbonyl (C=O) groups is 1. The van der Waals surface area contributed by atoms with Crippen LogP contribution in [0.15, 0.2) is 18.2 Å². The largest absolute Gasteiger partial charge is 0.382 e. The third-order valence-corrected chi connectivity index (χ3v) is 2.19. The van der Waals surface area contributed by atoms with Crippen LogP contribution in [0.3, 0.4) is 0 Å². The highest BCUT2D eigenvalue weighted by Crippen LogP contribution is 2.21. The molecule has 0 fully saturated rings. The highest BCUT2D eigenvalue weighted by Gasteiger charge is 2.05. The summed E-state index contributed by atoms with van der Waals surface area (Å²) in [6.07, 6.45) is 0.294. The highest BCUT2D eigenvalue weighted by atomic mass is 35.5. The van der Waals surface area contributed by atoms with Crippen LogP contribution in [-0.4, -0.2) is 19.5 Å². The number of nitrogens with one attached hydrogen (secondary N) is 2. The number of hydrogen-bond donors (Lipinski definition) is 2. The Morgan fingerprint density at radius 1 is 1.53 bits per heavy atom. The molecule has 3 nitrogen and oxygen atoms in total. The maximum Gasteiger partial charge on any atom is 0.221 e. The van der Waals surface area contributed by atoms with E-state index < -0.39 is 5.82 Å². The molecule has 0 heterocycles. The molecule has 0 unspecified atom stereocenters. The van der Waals surface area contributed by atoms with Crippen molar-refractivity contribution in [1.29, 1.82) is 0 Å². The van der Waals surface area contributed by atoms with Gasteiger partial charge in [-0.15, -0.1) is 0 Å². The smallest absolute Gasteiger partial charge is 0.221 e. The summed E-state index contributed by atoms with van der Waals surface area (Å²) in [5.74, 6) is -0.582. The zero-order valence-corrected chi connectivity index (χ0v) is 9.07. The van der Waals surface area contributed by atoms with Crippen LogP contribution >= 0.6 is 11.6 Å². The Morgan fingerprint density at radius 3 is 2.93 bits per heavy atom. The topological polar surface area (TPSA) is 41.1 Å². The second-order valence-corrected chi connectivity index (χ2v) is 3.36. The number of carbonyl (C=O) groups excluding carboxylic acids is 1. The fourth-order valence-corrected chi connectivity index (χ4v) is 1.25. The molecule has 0 bridgehead atoms. The molecule has 1 aromatic carbocycles. The Bertz CT molecular complexity index is 357. The number of anilines is 1. The van der Waals surface area contributed by atoms with Crippen molar-refractivity contribution in [3.63, 3.8) is 0 Å². The second-order valence-electron chi connectivity index (χ2n) is 2.95. The molecule has 0 saturated carbocycles. The molecule has 1 aromatic rings. The minimum Gasteiger partial charge on any atom is -0.382 e. The number of halogens is 2. The Kier molecular flexibility index (Phi) is 4.37.